The van der Waals surface area contributed by atoms with E-state index in [-0.39, 0.29) is 0 Å². The Morgan fingerprint density at radius 3 is 2.50 bits per heavy atom. The normalized spacial score (nSPS) is 13.3. The minimum Gasteiger partial charge on any atom is -0.319 e. The first-order valence-electron chi connectivity index (χ1n) is 6.84. The van der Waals surface area contributed by atoms with Gasteiger partial charge in [0.25, 0.3) is 0 Å². The van der Waals surface area contributed by atoms with E-state index in [1.165, 1.54) is 12.1 Å². The lowest BCUT2D eigenvalue weighted by Crippen LogP contribution is -2.23. The lowest BCUT2D eigenvalue weighted by Gasteiger charge is -2.19. The third-order valence-corrected chi connectivity index (χ3v) is 3.72. The van der Waals surface area contributed by atoms with Gasteiger partial charge in [-0.3, -0.25) is 4.68 Å². The van der Waals surface area contributed by atoms with Crippen LogP contribution in [0.1, 0.15) is 38.6 Å². The fourth-order valence-corrected chi connectivity index (χ4v) is 2.88. The molecule has 1 aromatic rings. The highest BCUT2D eigenvalue weighted by atomic mass is 35.5. The monoisotopic (exact) mass is 271 g/mol. The van der Waals surface area contributed by atoms with E-state index in [4.69, 9.17) is 11.6 Å². The Hall–Kier alpha value is -0.540. The lowest BCUT2D eigenvalue weighted by molar-refractivity contribution is 0.388. The molecule has 1 heterocycles. The van der Waals surface area contributed by atoms with Crippen LogP contribution in [0.3, 0.4) is 0 Å². The molecule has 3 nitrogen and oxygen atoms in total. The van der Waals surface area contributed by atoms with Crippen molar-refractivity contribution in [2.24, 2.45) is 18.9 Å². The predicted molar refractivity (Wildman–Crippen MR) is 78.2 cm³/mol. The molecule has 0 bridgehead atoms. The maximum absolute atomic E-state index is 6.41. The average Bonchev–Trinajstić information content (AvgIpc) is 2.56. The molecule has 18 heavy (non-hydrogen) atoms. The van der Waals surface area contributed by atoms with Gasteiger partial charge < -0.3 is 5.32 Å². The van der Waals surface area contributed by atoms with Gasteiger partial charge in [-0.05, 0) is 44.7 Å². The van der Waals surface area contributed by atoms with Crippen molar-refractivity contribution < 1.29 is 0 Å². The number of nitrogens with one attached hydrogen (secondary N) is 1. The Labute approximate surface area is 116 Å². The number of halogens is 1. The topological polar surface area (TPSA) is 29.9 Å². The Bertz CT molecular complexity index is 371. The van der Waals surface area contributed by atoms with Gasteiger partial charge in [0, 0.05) is 7.05 Å². The molecule has 1 N–H and O–H groups in total. The summed E-state index contributed by atoms with van der Waals surface area (Å²) >= 11 is 6.41. The molecule has 1 rings (SSSR count). The van der Waals surface area contributed by atoms with Crippen molar-refractivity contribution in [2.45, 2.75) is 40.0 Å². The van der Waals surface area contributed by atoms with E-state index in [1.807, 2.05) is 18.8 Å². The van der Waals surface area contributed by atoms with Gasteiger partial charge in [-0.25, -0.2) is 0 Å². The summed E-state index contributed by atoms with van der Waals surface area (Å²) in [6, 6.07) is 0. The van der Waals surface area contributed by atoms with E-state index in [0.717, 1.165) is 30.1 Å². The molecule has 1 aromatic heterocycles. The van der Waals surface area contributed by atoms with Crippen molar-refractivity contribution in [3.05, 3.63) is 16.4 Å². The van der Waals surface area contributed by atoms with Crippen molar-refractivity contribution in [2.75, 3.05) is 13.6 Å². The Balaban J connectivity index is 2.82. The summed E-state index contributed by atoms with van der Waals surface area (Å²) in [5.74, 6) is 1.33. The van der Waals surface area contributed by atoms with Crippen molar-refractivity contribution in [1.82, 2.24) is 15.1 Å². The second-order valence-corrected chi connectivity index (χ2v) is 5.82. The van der Waals surface area contributed by atoms with Crippen molar-refractivity contribution in [3.63, 3.8) is 0 Å². The van der Waals surface area contributed by atoms with Gasteiger partial charge in [0.1, 0.15) is 0 Å². The molecule has 104 valence electrons. The van der Waals surface area contributed by atoms with E-state index in [9.17, 15) is 0 Å². The molecule has 0 aliphatic heterocycles. The lowest BCUT2D eigenvalue weighted by atomic mass is 9.92. The number of hydrogen-bond donors (Lipinski definition) is 1. The van der Waals surface area contributed by atoms with Crippen LogP contribution in [-0.4, -0.2) is 23.4 Å². The van der Waals surface area contributed by atoms with E-state index in [1.54, 1.807) is 0 Å². The third kappa shape index (κ3) is 3.99. The predicted octanol–water partition coefficient (Wildman–Crippen LogP) is 3.06. The van der Waals surface area contributed by atoms with Gasteiger partial charge in [-0.2, -0.15) is 5.10 Å². The van der Waals surface area contributed by atoms with Gasteiger partial charge in [0.2, 0.25) is 0 Å². The zero-order valence-electron chi connectivity index (χ0n) is 12.3. The molecule has 1 atom stereocenters. The van der Waals surface area contributed by atoms with Crippen molar-refractivity contribution in [1.29, 1.82) is 0 Å². The third-order valence-electron chi connectivity index (χ3n) is 3.28. The Morgan fingerprint density at radius 2 is 2.06 bits per heavy atom. The molecule has 0 amide bonds. The van der Waals surface area contributed by atoms with Crippen LogP contribution in [0.4, 0.5) is 0 Å². The number of aromatic nitrogens is 2. The van der Waals surface area contributed by atoms with E-state index >= 15 is 0 Å². The first-order chi connectivity index (χ1) is 8.49. The van der Waals surface area contributed by atoms with Gasteiger partial charge in [-0.15, -0.1) is 0 Å². The Kier molecular flexibility index (Phi) is 6.16. The summed E-state index contributed by atoms with van der Waals surface area (Å²) in [4.78, 5) is 0. The molecular weight excluding hydrogens is 246 g/mol. The number of rotatable bonds is 7. The summed E-state index contributed by atoms with van der Waals surface area (Å²) in [5.41, 5.74) is 2.19. The molecule has 0 radical (unpaired) electrons. The van der Waals surface area contributed by atoms with Crippen molar-refractivity contribution >= 4 is 11.6 Å². The van der Waals surface area contributed by atoms with Crippen LogP contribution in [0.25, 0.3) is 0 Å². The van der Waals surface area contributed by atoms with E-state index < -0.39 is 0 Å². The van der Waals surface area contributed by atoms with Crippen molar-refractivity contribution in [3.8, 4) is 0 Å². The highest BCUT2D eigenvalue weighted by Crippen LogP contribution is 2.25. The number of nitrogens with zero attached hydrogens (tertiary/aromatic N) is 2. The molecule has 0 saturated heterocycles. The summed E-state index contributed by atoms with van der Waals surface area (Å²) in [6.45, 7) is 7.66. The summed E-state index contributed by atoms with van der Waals surface area (Å²) in [6.07, 6.45) is 3.11. The van der Waals surface area contributed by atoms with Crippen LogP contribution < -0.4 is 5.32 Å². The maximum atomic E-state index is 6.41. The molecule has 0 aliphatic rings. The molecule has 0 aliphatic carbocycles. The van der Waals surface area contributed by atoms with E-state index in [0.29, 0.717) is 11.8 Å². The van der Waals surface area contributed by atoms with Crippen LogP contribution in [0.15, 0.2) is 0 Å². The zero-order chi connectivity index (χ0) is 13.7. The van der Waals surface area contributed by atoms with Gasteiger partial charge >= 0.3 is 0 Å². The number of hydrogen-bond acceptors (Lipinski definition) is 2. The SMILES string of the molecule is CCc1nn(C)c(CC(CNC)CC(C)C)c1Cl. The molecule has 0 spiro atoms. The minimum atomic E-state index is 0.618. The fraction of sp³-hybridized carbons (Fsp3) is 0.786. The van der Waals surface area contributed by atoms with Crippen LogP contribution in [0.2, 0.25) is 5.02 Å². The highest BCUT2D eigenvalue weighted by molar-refractivity contribution is 6.31. The van der Waals surface area contributed by atoms with Crippen LogP contribution in [0, 0.1) is 11.8 Å². The van der Waals surface area contributed by atoms with Gasteiger partial charge in [0.05, 0.1) is 16.4 Å². The summed E-state index contributed by atoms with van der Waals surface area (Å²) in [7, 11) is 4.00. The van der Waals surface area contributed by atoms with Crippen LogP contribution in [-0.2, 0) is 19.9 Å². The Morgan fingerprint density at radius 1 is 1.39 bits per heavy atom. The average molecular weight is 272 g/mol. The maximum Gasteiger partial charge on any atom is 0.0849 e. The second-order valence-electron chi connectivity index (χ2n) is 5.44. The molecular formula is C14H26ClN3. The molecule has 0 aromatic carbocycles. The van der Waals surface area contributed by atoms with Crippen LogP contribution in [0.5, 0.6) is 0 Å². The van der Waals surface area contributed by atoms with E-state index in [2.05, 4.69) is 31.2 Å². The highest BCUT2D eigenvalue weighted by Gasteiger charge is 2.18. The van der Waals surface area contributed by atoms with Crippen LogP contribution >= 0.6 is 11.6 Å². The zero-order valence-corrected chi connectivity index (χ0v) is 13.0. The van der Waals surface area contributed by atoms with Gasteiger partial charge in [-0.1, -0.05) is 32.4 Å². The fourth-order valence-electron chi connectivity index (χ4n) is 2.51. The first-order valence-corrected chi connectivity index (χ1v) is 7.22. The molecule has 0 saturated carbocycles. The smallest absolute Gasteiger partial charge is 0.0849 e. The first kappa shape index (κ1) is 15.5. The largest absolute Gasteiger partial charge is 0.319 e. The second kappa shape index (κ2) is 7.15. The molecule has 1 unspecified atom stereocenters. The quantitative estimate of drug-likeness (QED) is 0.826. The molecule has 0 fully saturated rings. The summed E-state index contributed by atoms with van der Waals surface area (Å²) in [5, 5.41) is 8.63. The van der Waals surface area contributed by atoms with Gasteiger partial charge in [0.15, 0.2) is 0 Å². The standard InChI is InChI=1S/C14H26ClN3/c1-6-12-14(15)13(18(5)17-12)8-11(9-16-4)7-10(2)3/h10-11,16H,6-9H2,1-5H3. The minimum absolute atomic E-state index is 0.618. The summed E-state index contributed by atoms with van der Waals surface area (Å²) < 4.78 is 1.95. The molecule has 4 heteroatoms. The number of aryl methyl sites for hydroxylation is 2.